The van der Waals surface area contributed by atoms with Gasteiger partial charge in [-0.15, -0.1) is 0 Å². The van der Waals surface area contributed by atoms with E-state index in [1.54, 1.807) is 0 Å². The first-order chi connectivity index (χ1) is 6.24. The molecule has 3 N–H and O–H groups in total. The molecular weight excluding hydrogens is 166 g/mol. The Kier molecular flexibility index (Phi) is 4.70. The SMILES string of the molecule is CC1CCCCC1OCC(N)CO. The summed E-state index contributed by atoms with van der Waals surface area (Å²) in [5, 5.41) is 8.73. The number of ether oxygens (including phenoxy) is 1. The monoisotopic (exact) mass is 187 g/mol. The van der Waals surface area contributed by atoms with Crippen LogP contribution < -0.4 is 5.73 Å². The minimum absolute atomic E-state index is 0.0150. The molecule has 0 spiro atoms. The zero-order valence-corrected chi connectivity index (χ0v) is 8.41. The Balaban J connectivity index is 2.18. The van der Waals surface area contributed by atoms with E-state index >= 15 is 0 Å². The van der Waals surface area contributed by atoms with Crippen LogP contribution in [0.4, 0.5) is 0 Å². The minimum atomic E-state index is -0.214. The maximum atomic E-state index is 8.73. The summed E-state index contributed by atoms with van der Waals surface area (Å²) in [6, 6.07) is -0.214. The number of aliphatic hydroxyl groups excluding tert-OH is 1. The summed E-state index contributed by atoms with van der Waals surface area (Å²) in [7, 11) is 0. The fourth-order valence-corrected chi connectivity index (χ4v) is 1.83. The van der Waals surface area contributed by atoms with Crippen LogP contribution in [0.2, 0.25) is 0 Å². The predicted octanol–water partition coefficient (Wildman–Crippen LogP) is 0.901. The van der Waals surface area contributed by atoms with Gasteiger partial charge in [-0.3, -0.25) is 0 Å². The Labute approximate surface area is 80.3 Å². The smallest absolute Gasteiger partial charge is 0.0643 e. The molecule has 0 radical (unpaired) electrons. The third kappa shape index (κ3) is 3.63. The summed E-state index contributed by atoms with van der Waals surface area (Å²) in [4.78, 5) is 0. The van der Waals surface area contributed by atoms with Gasteiger partial charge in [0.05, 0.1) is 25.4 Å². The van der Waals surface area contributed by atoms with Gasteiger partial charge in [-0.1, -0.05) is 19.8 Å². The second-order valence-electron chi connectivity index (χ2n) is 4.08. The summed E-state index contributed by atoms with van der Waals surface area (Å²) >= 11 is 0. The number of aliphatic hydroxyl groups is 1. The van der Waals surface area contributed by atoms with Crippen molar-refractivity contribution < 1.29 is 9.84 Å². The highest BCUT2D eigenvalue weighted by atomic mass is 16.5. The minimum Gasteiger partial charge on any atom is -0.395 e. The zero-order chi connectivity index (χ0) is 9.68. The van der Waals surface area contributed by atoms with Crippen molar-refractivity contribution in [1.82, 2.24) is 0 Å². The molecule has 0 heterocycles. The van der Waals surface area contributed by atoms with E-state index < -0.39 is 0 Å². The molecular formula is C10H21NO2. The number of hydrogen-bond acceptors (Lipinski definition) is 3. The fourth-order valence-electron chi connectivity index (χ4n) is 1.83. The molecule has 13 heavy (non-hydrogen) atoms. The lowest BCUT2D eigenvalue weighted by Gasteiger charge is -2.29. The van der Waals surface area contributed by atoms with Gasteiger partial charge in [-0.25, -0.2) is 0 Å². The number of hydrogen-bond donors (Lipinski definition) is 2. The standard InChI is InChI=1S/C10H21NO2/c1-8-4-2-3-5-10(8)13-7-9(11)6-12/h8-10,12H,2-7,11H2,1H3. The molecule has 3 unspecified atom stereocenters. The third-order valence-corrected chi connectivity index (χ3v) is 2.79. The van der Waals surface area contributed by atoms with Crippen molar-refractivity contribution in [2.45, 2.75) is 44.8 Å². The van der Waals surface area contributed by atoms with Gasteiger partial charge in [-0.05, 0) is 18.8 Å². The maximum absolute atomic E-state index is 8.73. The van der Waals surface area contributed by atoms with Crippen LogP contribution in [-0.4, -0.2) is 30.5 Å². The van der Waals surface area contributed by atoms with Crippen LogP contribution in [0.15, 0.2) is 0 Å². The first-order valence-corrected chi connectivity index (χ1v) is 5.22. The lowest BCUT2D eigenvalue weighted by atomic mass is 9.88. The van der Waals surface area contributed by atoms with Gasteiger partial charge in [0.2, 0.25) is 0 Å². The molecule has 0 aromatic heterocycles. The van der Waals surface area contributed by atoms with E-state index in [4.69, 9.17) is 15.6 Å². The molecule has 3 nitrogen and oxygen atoms in total. The van der Waals surface area contributed by atoms with E-state index in [2.05, 4.69) is 6.92 Å². The van der Waals surface area contributed by atoms with E-state index in [1.807, 2.05) is 0 Å². The second-order valence-corrected chi connectivity index (χ2v) is 4.08. The van der Waals surface area contributed by atoms with Crippen LogP contribution in [0, 0.1) is 5.92 Å². The lowest BCUT2D eigenvalue weighted by molar-refractivity contribution is -0.0163. The molecule has 0 aromatic rings. The highest BCUT2D eigenvalue weighted by Crippen LogP contribution is 2.26. The van der Waals surface area contributed by atoms with Crippen molar-refractivity contribution in [2.24, 2.45) is 11.7 Å². The van der Waals surface area contributed by atoms with Gasteiger partial charge in [0.1, 0.15) is 0 Å². The highest BCUT2D eigenvalue weighted by Gasteiger charge is 2.22. The summed E-state index contributed by atoms with van der Waals surface area (Å²) in [5.41, 5.74) is 5.56. The fraction of sp³-hybridized carbons (Fsp3) is 1.00. The van der Waals surface area contributed by atoms with Gasteiger partial charge >= 0.3 is 0 Å². The Morgan fingerprint density at radius 1 is 1.46 bits per heavy atom. The van der Waals surface area contributed by atoms with Crippen molar-refractivity contribution in [3.05, 3.63) is 0 Å². The van der Waals surface area contributed by atoms with Crippen LogP contribution >= 0.6 is 0 Å². The highest BCUT2D eigenvalue weighted by molar-refractivity contribution is 4.73. The van der Waals surface area contributed by atoms with Gasteiger partial charge in [0.15, 0.2) is 0 Å². The Hall–Kier alpha value is -0.120. The van der Waals surface area contributed by atoms with Crippen molar-refractivity contribution in [2.75, 3.05) is 13.2 Å². The molecule has 0 aliphatic heterocycles. The zero-order valence-electron chi connectivity index (χ0n) is 8.41. The van der Waals surface area contributed by atoms with Crippen molar-refractivity contribution in [1.29, 1.82) is 0 Å². The summed E-state index contributed by atoms with van der Waals surface area (Å²) in [6.45, 7) is 2.74. The van der Waals surface area contributed by atoms with Gasteiger partial charge in [-0.2, -0.15) is 0 Å². The van der Waals surface area contributed by atoms with Crippen LogP contribution in [0.5, 0.6) is 0 Å². The third-order valence-electron chi connectivity index (χ3n) is 2.79. The molecule has 1 aliphatic rings. The van der Waals surface area contributed by atoms with Gasteiger partial charge in [0.25, 0.3) is 0 Å². The van der Waals surface area contributed by atoms with E-state index in [-0.39, 0.29) is 12.6 Å². The van der Waals surface area contributed by atoms with Crippen LogP contribution in [0.3, 0.4) is 0 Å². The predicted molar refractivity (Wildman–Crippen MR) is 52.4 cm³/mol. The van der Waals surface area contributed by atoms with E-state index in [0.717, 1.165) is 6.42 Å². The first kappa shape index (κ1) is 11.0. The van der Waals surface area contributed by atoms with Crippen molar-refractivity contribution in [3.63, 3.8) is 0 Å². The molecule has 0 amide bonds. The molecule has 1 saturated carbocycles. The second kappa shape index (κ2) is 5.58. The summed E-state index contributed by atoms with van der Waals surface area (Å²) in [6.07, 6.45) is 5.38. The van der Waals surface area contributed by atoms with E-state index in [9.17, 15) is 0 Å². The van der Waals surface area contributed by atoms with Crippen molar-refractivity contribution >= 4 is 0 Å². The van der Waals surface area contributed by atoms with E-state index in [1.165, 1.54) is 19.3 Å². The first-order valence-electron chi connectivity index (χ1n) is 5.22. The molecule has 0 saturated heterocycles. The topological polar surface area (TPSA) is 55.5 Å². The molecule has 3 heteroatoms. The number of rotatable bonds is 4. The summed E-state index contributed by atoms with van der Waals surface area (Å²) < 4.78 is 5.66. The Bertz CT molecular complexity index is 141. The molecule has 3 atom stereocenters. The molecule has 1 aliphatic carbocycles. The molecule has 0 aromatic carbocycles. The summed E-state index contributed by atoms with van der Waals surface area (Å²) in [5.74, 6) is 0.652. The molecule has 1 fully saturated rings. The number of nitrogens with two attached hydrogens (primary N) is 1. The van der Waals surface area contributed by atoms with Crippen LogP contribution in [0.25, 0.3) is 0 Å². The maximum Gasteiger partial charge on any atom is 0.0643 e. The van der Waals surface area contributed by atoms with Gasteiger partial charge < -0.3 is 15.6 Å². The molecule has 78 valence electrons. The van der Waals surface area contributed by atoms with Gasteiger partial charge in [0, 0.05) is 0 Å². The lowest BCUT2D eigenvalue weighted by Crippen LogP contribution is -2.35. The largest absolute Gasteiger partial charge is 0.395 e. The Morgan fingerprint density at radius 3 is 2.77 bits per heavy atom. The Morgan fingerprint density at radius 2 is 2.15 bits per heavy atom. The van der Waals surface area contributed by atoms with Crippen LogP contribution in [-0.2, 0) is 4.74 Å². The quantitative estimate of drug-likeness (QED) is 0.687. The average molecular weight is 187 g/mol. The average Bonchev–Trinajstić information content (AvgIpc) is 2.16. The normalized spacial score (nSPS) is 31.6. The van der Waals surface area contributed by atoms with Crippen LogP contribution in [0.1, 0.15) is 32.6 Å². The van der Waals surface area contributed by atoms with E-state index in [0.29, 0.717) is 18.6 Å². The molecule has 0 bridgehead atoms. The van der Waals surface area contributed by atoms with Crippen molar-refractivity contribution in [3.8, 4) is 0 Å². The molecule has 1 rings (SSSR count).